The van der Waals surface area contributed by atoms with E-state index in [1.54, 1.807) is 21.3 Å². The van der Waals surface area contributed by atoms with Crippen LogP contribution in [0.25, 0.3) is 0 Å². The molecule has 0 radical (unpaired) electrons. The summed E-state index contributed by atoms with van der Waals surface area (Å²) in [7, 11) is 4.74. The third-order valence-corrected chi connectivity index (χ3v) is 3.16. The van der Waals surface area contributed by atoms with Gasteiger partial charge in [-0.15, -0.1) is 0 Å². The molecule has 2 rings (SSSR count). The average Bonchev–Trinajstić information content (AvgIpc) is 2.59. The molecule has 1 aromatic carbocycles. The predicted octanol–water partition coefficient (Wildman–Crippen LogP) is 3.07. The SMILES string of the molecule is CCCNc1cc(Nc2cc(OC)c(OC)c(OC)c2)ncn1. The van der Waals surface area contributed by atoms with Crippen LogP contribution in [0.5, 0.6) is 17.2 Å². The third-order valence-electron chi connectivity index (χ3n) is 3.16. The van der Waals surface area contributed by atoms with Gasteiger partial charge in [0.1, 0.15) is 18.0 Å². The fourth-order valence-corrected chi connectivity index (χ4v) is 2.08. The van der Waals surface area contributed by atoms with Gasteiger partial charge in [0.15, 0.2) is 11.5 Å². The molecule has 2 aromatic rings. The number of aromatic nitrogens is 2. The number of hydrogen-bond acceptors (Lipinski definition) is 7. The molecule has 1 heterocycles. The third kappa shape index (κ3) is 4.15. The van der Waals surface area contributed by atoms with E-state index in [4.69, 9.17) is 14.2 Å². The van der Waals surface area contributed by atoms with Gasteiger partial charge in [0.05, 0.1) is 21.3 Å². The molecule has 0 atom stereocenters. The van der Waals surface area contributed by atoms with E-state index >= 15 is 0 Å². The van der Waals surface area contributed by atoms with Crippen LogP contribution in [0, 0.1) is 0 Å². The smallest absolute Gasteiger partial charge is 0.203 e. The zero-order valence-corrected chi connectivity index (χ0v) is 13.8. The molecule has 0 fully saturated rings. The minimum Gasteiger partial charge on any atom is -0.493 e. The zero-order valence-electron chi connectivity index (χ0n) is 13.8. The molecular formula is C16H22N4O3. The van der Waals surface area contributed by atoms with Gasteiger partial charge in [0.25, 0.3) is 0 Å². The van der Waals surface area contributed by atoms with Crippen LogP contribution in [0.1, 0.15) is 13.3 Å². The fraction of sp³-hybridized carbons (Fsp3) is 0.375. The lowest BCUT2D eigenvalue weighted by Gasteiger charge is -2.15. The van der Waals surface area contributed by atoms with Gasteiger partial charge in [-0.1, -0.05) is 6.92 Å². The minimum atomic E-state index is 0.550. The van der Waals surface area contributed by atoms with Crippen LogP contribution >= 0.6 is 0 Å². The minimum absolute atomic E-state index is 0.550. The van der Waals surface area contributed by atoms with Crippen LogP contribution in [-0.4, -0.2) is 37.8 Å². The van der Waals surface area contributed by atoms with Crippen LogP contribution in [0.3, 0.4) is 0 Å². The van der Waals surface area contributed by atoms with Gasteiger partial charge in [0.2, 0.25) is 5.75 Å². The Morgan fingerprint density at radius 3 is 2.13 bits per heavy atom. The zero-order chi connectivity index (χ0) is 16.7. The van der Waals surface area contributed by atoms with Gasteiger partial charge in [-0.2, -0.15) is 0 Å². The van der Waals surface area contributed by atoms with Crippen molar-refractivity contribution in [1.29, 1.82) is 0 Å². The van der Waals surface area contributed by atoms with Crippen molar-refractivity contribution in [3.05, 3.63) is 24.5 Å². The molecule has 0 aliphatic heterocycles. The Kier molecular flexibility index (Phi) is 5.85. The van der Waals surface area contributed by atoms with Gasteiger partial charge < -0.3 is 24.8 Å². The van der Waals surface area contributed by atoms with Crippen molar-refractivity contribution < 1.29 is 14.2 Å². The van der Waals surface area contributed by atoms with E-state index in [9.17, 15) is 0 Å². The first-order valence-electron chi connectivity index (χ1n) is 7.34. The van der Waals surface area contributed by atoms with Crippen molar-refractivity contribution in [1.82, 2.24) is 9.97 Å². The number of methoxy groups -OCH3 is 3. The average molecular weight is 318 g/mol. The second-order valence-electron chi connectivity index (χ2n) is 4.75. The summed E-state index contributed by atoms with van der Waals surface area (Å²) in [6.45, 7) is 2.96. The standard InChI is InChI=1S/C16H22N4O3/c1-5-6-17-14-9-15(19-10-18-14)20-11-7-12(21-2)16(23-4)13(8-11)22-3/h7-10H,5-6H2,1-4H3,(H2,17,18,19,20). The Morgan fingerprint density at radius 2 is 1.57 bits per heavy atom. The number of nitrogens with zero attached hydrogens (tertiary/aromatic N) is 2. The van der Waals surface area contributed by atoms with Crippen molar-refractivity contribution in [3.8, 4) is 17.2 Å². The Hall–Kier alpha value is -2.70. The van der Waals surface area contributed by atoms with Crippen molar-refractivity contribution >= 4 is 17.3 Å². The van der Waals surface area contributed by atoms with E-state index in [0.717, 1.165) is 24.5 Å². The summed E-state index contributed by atoms with van der Waals surface area (Å²) in [5, 5.41) is 6.44. The van der Waals surface area contributed by atoms with Crippen LogP contribution < -0.4 is 24.8 Å². The molecular weight excluding hydrogens is 296 g/mol. The van der Waals surface area contributed by atoms with Gasteiger partial charge in [-0.05, 0) is 6.42 Å². The van der Waals surface area contributed by atoms with E-state index in [2.05, 4.69) is 27.5 Å². The highest BCUT2D eigenvalue weighted by Gasteiger charge is 2.13. The van der Waals surface area contributed by atoms with Crippen LogP contribution in [0.4, 0.5) is 17.3 Å². The van der Waals surface area contributed by atoms with Gasteiger partial charge >= 0.3 is 0 Å². The highest BCUT2D eigenvalue weighted by molar-refractivity contribution is 5.67. The van der Waals surface area contributed by atoms with Gasteiger partial charge in [-0.3, -0.25) is 0 Å². The Balaban J connectivity index is 2.26. The molecule has 0 saturated heterocycles. The van der Waals surface area contributed by atoms with E-state index in [1.165, 1.54) is 6.33 Å². The molecule has 0 aliphatic carbocycles. The van der Waals surface area contributed by atoms with Crippen molar-refractivity contribution in [2.75, 3.05) is 38.5 Å². The molecule has 0 unspecified atom stereocenters. The second-order valence-corrected chi connectivity index (χ2v) is 4.75. The number of anilines is 3. The number of hydrogen-bond donors (Lipinski definition) is 2. The molecule has 0 aliphatic rings. The first-order chi connectivity index (χ1) is 11.2. The van der Waals surface area contributed by atoms with Crippen LogP contribution in [-0.2, 0) is 0 Å². The summed E-state index contributed by atoms with van der Waals surface area (Å²) in [6, 6.07) is 5.49. The Bertz CT molecular complexity index is 624. The predicted molar refractivity (Wildman–Crippen MR) is 90.2 cm³/mol. The second kappa shape index (κ2) is 8.07. The van der Waals surface area contributed by atoms with Crippen LogP contribution in [0.15, 0.2) is 24.5 Å². The normalized spacial score (nSPS) is 10.1. The molecule has 7 nitrogen and oxygen atoms in total. The molecule has 7 heteroatoms. The maximum absolute atomic E-state index is 5.34. The van der Waals surface area contributed by atoms with Gasteiger partial charge in [-0.25, -0.2) is 9.97 Å². The first kappa shape index (κ1) is 16.7. The molecule has 124 valence electrons. The van der Waals surface area contributed by atoms with E-state index in [1.807, 2.05) is 18.2 Å². The molecule has 1 aromatic heterocycles. The number of benzene rings is 1. The summed E-state index contributed by atoms with van der Waals surface area (Å²) < 4.78 is 16.0. The first-order valence-corrected chi connectivity index (χ1v) is 7.34. The van der Waals surface area contributed by atoms with E-state index in [0.29, 0.717) is 23.1 Å². The summed E-state index contributed by atoms with van der Waals surface area (Å²) in [5.41, 5.74) is 0.777. The quantitative estimate of drug-likeness (QED) is 0.774. The molecule has 2 N–H and O–H groups in total. The molecule has 0 spiro atoms. The molecule has 0 saturated carbocycles. The Labute approximate surface area is 136 Å². The molecule has 0 amide bonds. The highest BCUT2D eigenvalue weighted by Crippen LogP contribution is 2.40. The van der Waals surface area contributed by atoms with E-state index in [-0.39, 0.29) is 0 Å². The lowest BCUT2D eigenvalue weighted by Crippen LogP contribution is -2.04. The van der Waals surface area contributed by atoms with Crippen molar-refractivity contribution in [2.45, 2.75) is 13.3 Å². The van der Waals surface area contributed by atoms with E-state index < -0.39 is 0 Å². The van der Waals surface area contributed by atoms with Crippen LogP contribution in [0.2, 0.25) is 0 Å². The highest BCUT2D eigenvalue weighted by atomic mass is 16.5. The Morgan fingerprint density at radius 1 is 0.913 bits per heavy atom. The summed E-state index contributed by atoms with van der Waals surface area (Å²) >= 11 is 0. The summed E-state index contributed by atoms with van der Waals surface area (Å²) in [5.74, 6) is 3.15. The molecule has 23 heavy (non-hydrogen) atoms. The number of ether oxygens (including phenoxy) is 3. The maximum Gasteiger partial charge on any atom is 0.203 e. The number of rotatable bonds is 8. The largest absolute Gasteiger partial charge is 0.493 e. The summed E-state index contributed by atoms with van der Waals surface area (Å²) in [4.78, 5) is 8.40. The topological polar surface area (TPSA) is 77.5 Å². The number of nitrogens with one attached hydrogen (secondary N) is 2. The monoisotopic (exact) mass is 318 g/mol. The fourth-order valence-electron chi connectivity index (χ4n) is 2.08. The molecule has 0 bridgehead atoms. The lowest BCUT2D eigenvalue weighted by atomic mass is 10.2. The maximum atomic E-state index is 5.34. The summed E-state index contributed by atoms with van der Waals surface area (Å²) in [6.07, 6.45) is 2.54. The van der Waals surface area contributed by atoms with Gasteiger partial charge in [0, 0.05) is 30.4 Å². The lowest BCUT2D eigenvalue weighted by molar-refractivity contribution is 0.324. The van der Waals surface area contributed by atoms with Crippen molar-refractivity contribution in [2.24, 2.45) is 0 Å². The van der Waals surface area contributed by atoms with Crippen molar-refractivity contribution in [3.63, 3.8) is 0 Å².